The van der Waals surface area contributed by atoms with Gasteiger partial charge in [0.05, 0.1) is 0 Å². The minimum atomic E-state index is 0. The summed E-state index contributed by atoms with van der Waals surface area (Å²) in [5, 5.41) is 0.328. The van der Waals surface area contributed by atoms with Crippen molar-refractivity contribution in [1.82, 2.24) is 0 Å². The van der Waals surface area contributed by atoms with Crippen LogP contribution in [0.1, 0.15) is 147 Å². The van der Waals surface area contributed by atoms with Gasteiger partial charge in [-0.1, -0.05) is 146 Å². The van der Waals surface area contributed by atoms with Gasteiger partial charge in [-0.25, -0.2) is 0 Å². The average Bonchev–Trinajstić information content (AvgIpc) is 2.74. The van der Waals surface area contributed by atoms with Gasteiger partial charge in [-0.05, 0) is 59.2 Å². The molecule has 2 fully saturated rings. The van der Waals surface area contributed by atoms with E-state index in [0.29, 0.717) is 0 Å². The van der Waals surface area contributed by atoms with E-state index in [1.807, 2.05) is 0 Å². The van der Waals surface area contributed by atoms with Crippen molar-refractivity contribution in [3.05, 3.63) is 24.3 Å². The third kappa shape index (κ3) is 10.7. The molecule has 222 valence electrons. The molecule has 0 N–H and O–H groups in total. The van der Waals surface area contributed by atoms with Gasteiger partial charge >= 0.3 is 0 Å². The van der Waals surface area contributed by atoms with Crippen molar-refractivity contribution in [2.45, 2.75) is 158 Å². The van der Waals surface area contributed by atoms with Gasteiger partial charge in [0.15, 0.2) is 0 Å². The molecule has 2 saturated carbocycles. The predicted molar refractivity (Wildman–Crippen MR) is 174 cm³/mol. The molecule has 0 nitrogen and oxygen atoms in total. The Kier molecular flexibility index (Phi) is 15.2. The van der Waals surface area contributed by atoms with Crippen molar-refractivity contribution in [2.75, 3.05) is 0 Å². The van der Waals surface area contributed by atoms with Crippen LogP contribution in [-0.2, 0) is 20.4 Å². The van der Waals surface area contributed by atoms with E-state index in [-0.39, 0.29) is 52.4 Å². The number of allylic oxidation sites excluding steroid dienone is 4. The second kappa shape index (κ2) is 14.8. The summed E-state index contributed by atoms with van der Waals surface area (Å²) in [6.45, 7) is 28.3. The maximum Gasteiger partial charge on any atom is 0.0123 e. The summed E-state index contributed by atoms with van der Waals surface area (Å²) >= 11 is 0. The van der Waals surface area contributed by atoms with Gasteiger partial charge in [-0.15, -0.1) is 18.5 Å². The third-order valence-corrected chi connectivity index (χ3v) is 13.4. The molecule has 0 heterocycles. The van der Waals surface area contributed by atoms with Crippen LogP contribution in [0.2, 0.25) is 0 Å². The van der Waals surface area contributed by atoms with Crippen molar-refractivity contribution in [2.24, 2.45) is 33.5 Å². The summed E-state index contributed by atoms with van der Waals surface area (Å²) in [6.07, 6.45) is 24.2. The van der Waals surface area contributed by atoms with Crippen molar-refractivity contribution in [3.63, 3.8) is 0 Å². The summed E-state index contributed by atoms with van der Waals surface area (Å²) in [7, 11) is 6.32. The SMILES string of the molecule is CC(C)(C)C(P)(C=CC1CCCCC1)C(C)(C)C.CC(C)(C)C(P)(C=CC1CCCCC1)C(C)(C)C.[Pd]. The van der Waals surface area contributed by atoms with Crippen molar-refractivity contribution in [1.29, 1.82) is 0 Å². The van der Waals surface area contributed by atoms with Crippen LogP contribution < -0.4 is 0 Å². The maximum atomic E-state index is 3.16. The van der Waals surface area contributed by atoms with Crippen LogP contribution in [0.5, 0.6) is 0 Å². The fourth-order valence-corrected chi connectivity index (χ4v) is 6.70. The van der Waals surface area contributed by atoms with Gasteiger partial charge in [0.25, 0.3) is 0 Å². The van der Waals surface area contributed by atoms with Crippen LogP contribution in [0.3, 0.4) is 0 Å². The maximum absolute atomic E-state index is 3.16. The van der Waals surface area contributed by atoms with Gasteiger partial charge < -0.3 is 0 Å². The Morgan fingerprint density at radius 2 is 0.649 bits per heavy atom. The normalized spacial score (nSPS) is 20.1. The standard InChI is InChI=1S/2C17H33P.Pd/c2*1-15(2,3)17(18,16(4,5)6)13-12-14-10-8-7-9-11-14;/h2*12-14H,7-11,18H2,1-6H3;. The predicted octanol–water partition coefficient (Wildman–Crippen LogP) is 11.7. The largest absolute Gasteiger partial charge is 0.126 e. The first-order valence-electron chi connectivity index (χ1n) is 15.1. The molecule has 2 rings (SSSR count). The number of hydrogen-bond acceptors (Lipinski definition) is 0. The summed E-state index contributed by atoms with van der Waals surface area (Å²) in [5.74, 6) is 1.65. The fraction of sp³-hybridized carbons (Fsp3) is 0.882. The molecule has 2 aliphatic carbocycles. The van der Waals surface area contributed by atoms with Crippen LogP contribution in [0.25, 0.3) is 0 Å². The van der Waals surface area contributed by atoms with Crippen molar-refractivity contribution in [3.8, 4) is 0 Å². The topological polar surface area (TPSA) is 0 Å². The summed E-state index contributed by atoms with van der Waals surface area (Å²) in [5.41, 5.74) is 1.06. The number of hydrogen-bond donors (Lipinski definition) is 0. The molecule has 0 amide bonds. The molecule has 0 aliphatic heterocycles. The smallest absolute Gasteiger partial charge is 0.0123 e. The van der Waals surface area contributed by atoms with E-state index in [0.717, 1.165) is 11.8 Å². The van der Waals surface area contributed by atoms with E-state index in [4.69, 9.17) is 0 Å². The Labute approximate surface area is 253 Å². The molecule has 0 bridgehead atoms. The van der Waals surface area contributed by atoms with E-state index in [1.54, 1.807) is 0 Å². The quantitative estimate of drug-likeness (QED) is 0.163. The molecule has 3 heteroatoms. The van der Waals surface area contributed by atoms with E-state index >= 15 is 0 Å². The summed E-state index contributed by atoms with van der Waals surface area (Å²) < 4.78 is 0. The molecule has 0 aromatic carbocycles. The second-order valence-corrected chi connectivity index (χ2v) is 18.1. The van der Waals surface area contributed by atoms with Crippen LogP contribution in [0.4, 0.5) is 0 Å². The van der Waals surface area contributed by atoms with E-state index in [1.165, 1.54) is 64.2 Å². The zero-order chi connectivity index (χ0) is 28.1. The first kappa shape index (κ1) is 38.0. The summed E-state index contributed by atoms with van der Waals surface area (Å²) in [4.78, 5) is 0. The molecule has 0 aromatic rings. The zero-order valence-electron chi connectivity index (χ0n) is 27.0. The van der Waals surface area contributed by atoms with Crippen LogP contribution >= 0.6 is 18.5 Å². The zero-order valence-corrected chi connectivity index (χ0v) is 30.9. The molecular formula is C34H66P2Pd. The molecular weight excluding hydrogens is 577 g/mol. The third-order valence-electron chi connectivity index (χ3n) is 9.53. The van der Waals surface area contributed by atoms with Gasteiger partial charge in [-0.2, -0.15) is 0 Å². The van der Waals surface area contributed by atoms with Gasteiger partial charge in [0.2, 0.25) is 0 Å². The van der Waals surface area contributed by atoms with Crippen LogP contribution in [0, 0.1) is 33.5 Å². The Morgan fingerprint density at radius 3 is 0.838 bits per heavy atom. The molecule has 2 atom stereocenters. The van der Waals surface area contributed by atoms with E-state index in [2.05, 4.69) is 126 Å². The monoisotopic (exact) mass is 642 g/mol. The van der Waals surface area contributed by atoms with Gasteiger partial charge in [-0.3, -0.25) is 0 Å². The Morgan fingerprint density at radius 1 is 0.432 bits per heavy atom. The van der Waals surface area contributed by atoms with Crippen LogP contribution in [0.15, 0.2) is 24.3 Å². The molecule has 0 aromatic heterocycles. The second-order valence-electron chi connectivity index (χ2n) is 16.3. The van der Waals surface area contributed by atoms with Crippen molar-refractivity contribution >= 4 is 18.5 Å². The van der Waals surface area contributed by atoms with Crippen LogP contribution in [-0.4, -0.2) is 10.3 Å². The Bertz CT molecular complexity index is 604. The van der Waals surface area contributed by atoms with Gasteiger partial charge in [0, 0.05) is 30.7 Å². The first-order valence-corrected chi connectivity index (χ1v) is 16.3. The fourth-order valence-electron chi connectivity index (χ4n) is 6.48. The molecule has 2 aliphatic rings. The average molecular weight is 643 g/mol. The minimum absolute atomic E-state index is 0. The van der Waals surface area contributed by atoms with Gasteiger partial charge in [0.1, 0.15) is 0 Å². The molecule has 0 saturated heterocycles. The molecule has 37 heavy (non-hydrogen) atoms. The molecule has 0 radical (unpaired) electrons. The first-order chi connectivity index (χ1) is 16.2. The van der Waals surface area contributed by atoms with E-state index < -0.39 is 0 Å². The molecule has 2 unspecified atom stereocenters. The minimum Gasteiger partial charge on any atom is -0.126 e. The van der Waals surface area contributed by atoms with E-state index in [9.17, 15) is 0 Å². The molecule has 0 spiro atoms. The number of rotatable bonds is 4. The Hall–Kier alpha value is 1.00. The van der Waals surface area contributed by atoms with Crippen molar-refractivity contribution < 1.29 is 20.4 Å². The summed E-state index contributed by atoms with van der Waals surface area (Å²) in [6, 6.07) is 0. The Balaban J connectivity index is 0.000000682.